The van der Waals surface area contributed by atoms with Gasteiger partial charge in [0.05, 0.1) is 11.3 Å². The van der Waals surface area contributed by atoms with Gasteiger partial charge in [0.15, 0.2) is 0 Å². The molecular formula is C8H9F3N2. The molecule has 5 heteroatoms. The van der Waals surface area contributed by atoms with E-state index < -0.39 is 11.7 Å². The van der Waals surface area contributed by atoms with Crippen LogP contribution in [0.2, 0.25) is 0 Å². The van der Waals surface area contributed by atoms with Crippen molar-refractivity contribution < 1.29 is 13.2 Å². The van der Waals surface area contributed by atoms with Crippen molar-refractivity contribution in [2.24, 2.45) is 0 Å². The van der Waals surface area contributed by atoms with E-state index in [2.05, 4.69) is 4.98 Å². The largest absolute Gasteiger partial charge is 0.418 e. The summed E-state index contributed by atoms with van der Waals surface area (Å²) in [5.41, 5.74) is 4.63. The van der Waals surface area contributed by atoms with E-state index in [-0.39, 0.29) is 17.1 Å². The quantitative estimate of drug-likeness (QED) is 0.681. The highest BCUT2D eigenvalue weighted by Crippen LogP contribution is 2.33. The number of nitrogens with zero attached hydrogens (tertiary/aromatic N) is 1. The minimum atomic E-state index is -4.35. The van der Waals surface area contributed by atoms with Crippen LogP contribution in [0, 0.1) is 13.8 Å². The van der Waals surface area contributed by atoms with Crippen molar-refractivity contribution in [1.29, 1.82) is 0 Å². The number of nitrogens with two attached hydrogens (primary N) is 1. The molecule has 0 fully saturated rings. The first-order valence-corrected chi connectivity index (χ1v) is 3.63. The summed E-state index contributed by atoms with van der Waals surface area (Å²) in [7, 11) is 0. The van der Waals surface area contributed by atoms with Crippen LogP contribution in [0.1, 0.15) is 16.8 Å². The summed E-state index contributed by atoms with van der Waals surface area (Å²) in [6, 6.07) is 1.22. The fourth-order valence-corrected chi connectivity index (χ4v) is 1.29. The highest BCUT2D eigenvalue weighted by molar-refractivity contribution is 5.41. The molecule has 2 N–H and O–H groups in total. The summed E-state index contributed by atoms with van der Waals surface area (Å²) < 4.78 is 37.1. The number of aromatic nitrogens is 1. The molecule has 72 valence electrons. The zero-order valence-electron chi connectivity index (χ0n) is 7.24. The maximum atomic E-state index is 12.4. The number of hydrogen-bond acceptors (Lipinski definition) is 2. The third-order valence-electron chi connectivity index (χ3n) is 1.70. The number of rotatable bonds is 0. The Morgan fingerprint density at radius 3 is 2.23 bits per heavy atom. The number of pyridine rings is 1. The van der Waals surface area contributed by atoms with E-state index in [0.29, 0.717) is 0 Å². The zero-order chi connectivity index (χ0) is 10.2. The van der Waals surface area contributed by atoms with Crippen LogP contribution in [0.25, 0.3) is 0 Å². The number of aryl methyl sites for hydroxylation is 2. The molecule has 0 spiro atoms. The van der Waals surface area contributed by atoms with Gasteiger partial charge < -0.3 is 5.73 Å². The Labute approximate surface area is 73.6 Å². The molecule has 1 heterocycles. The summed E-state index contributed by atoms with van der Waals surface area (Å²) in [5.74, 6) is 0.114. The van der Waals surface area contributed by atoms with Crippen LogP contribution in [0.5, 0.6) is 0 Å². The molecule has 2 nitrogen and oxygen atoms in total. The fraction of sp³-hybridized carbons (Fsp3) is 0.375. The molecule has 0 aliphatic carbocycles. The number of hydrogen-bond donors (Lipinski definition) is 1. The van der Waals surface area contributed by atoms with Crippen LogP contribution in [-0.4, -0.2) is 4.98 Å². The number of halogens is 3. The second kappa shape index (κ2) is 2.90. The molecule has 0 aromatic carbocycles. The number of alkyl halides is 3. The van der Waals surface area contributed by atoms with Gasteiger partial charge in [0.2, 0.25) is 0 Å². The Hall–Kier alpha value is -1.26. The van der Waals surface area contributed by atoms with E-state index in [1.165, 1.54) is 19.9 Å². The van der Waals surface area contributed by atoms with Gasteiger partial charge in [-0.3, -0.25) is 0 Å². The van der Waals surface area contributed by atoms with Crippen LogP contribution >= 0.6 is 0 Å². The van der Waals surface area contributed by atoms with Gasteiger partial charge in [0, 0.05) is 0 Å². The molecule has 1 aromatic heterocycles. The third kappa shape index (κ3) is 1.91. The van der Waals surface area contributed by atoms with Crippen molar-refractivity contribution in [1.82, 2.24) is 4.98 Å². The lowest BCUT2D eigenvalue weighted by Crippen LogP contribution is -2.12. The second-order valence-electron chi connectivity index (χ2n) is 2.82. The number of nitrogen functional groups attached to an aromatic ring is 1. The highest BCUT2D eigenvalue weighted by Gasteiger charge is 2.34. The average molecular weight is 190 g/mol. The minimum absolute atomic E-state index is 0.0787. The average Bonchev–Trinajstić information content (AvgIpc) is 1.78. The Kier molecular flexibility index (Phi) is 2.19. The van der Waals surface area contributed by atoms with Crippen LogP contribution in [0.3, 0.4) is 0 Å². The molecule has 1 aromatic rings. The molecule has 0 saturated carbocycles. The molecule has 0 unspecified atom stereocenters. The first-order chi connectivity index (χ1) is 5.82. The Morgan fingerprint density at radius 1 is 1.31 bits per heavy atom. The topological polar surface area (TPSA) is 38.9 Å². The van der Waals surface area contributed by atoms with Gasteiger partial charge in [0.1, 0.15) is 5.82 Å². The normalized spacial score (nSPS) is 11.8. The van der Waals surface area contributed by atoms with Crippen LogP contribution < -0.4 is 5.73 Å². The third-order valence-corrected chi connectivity index (χ3v) is 1.70. The van der Waals surface area contributed by atoms with Crippen molar-refractivity contribution in [3.8, 4) is 0 Å². The summed E-state index contributed by atoms with van der Waals surface area (Å²) >= 11 is 0. The monoisotopic (exact) mass is 190 g/mol. The summed E-state index contributed by atoms with van der Waals surface area (Å²) in [4.78, 5) is 3.56. The first-order valence-electron chi connectivity index (χ1n) is 3.63. The molecule has 13 heavy (non-hydrogen) atoms. The highest BCUT2D eigenvalue weighted by atomic mass is 19.4. The molecule has 0 aliphatic rings. The molecule has 0 amide bonds. The van der Waals surface area contributed by atoms with E-state index in [0.717, 1.165) is 0 Å². The first kappa shape index (κ1) is 9.83. The summed E-state index contributed by atoms with van der Waals surface area (Å²) in [6.45, 7) is 2.67. The van der Waals surface area contributed by atoms with Crippen molar-refractivity contribution in [3.63, 3.8) is 0 Å². The predicted molar refractivity (Wildman–Crippen MR) is 43.1 cm³/mol. The zero-order valence-corrected chi connectivity index (χ0v) is 7.24. The van der Waals surface area contributed by atoms with E-state index >= 15 is 0 Å². The lowest BCUT2D eigenvalue weighted by Gasteiger charge is -2.12. The van der Waals surface area contributed by atoms with Gasteiger partial charge in [0.25, 0.3) is 0 Å². The van der Waals surface area contributed by atoms with Crippen LogP contribution in [0.4, 0.5) is 19.0 Å². The molecule has 1 rings (SSSR count). The van der Waals surface area contributed by atoms with Gasteiger partial charge in [-0.2, -0.15) is 13.2 Å². The lowest BCUT2D eigenvalue weighted by molar-refractivity contribution is -0.138. The molecule has 0 bridgehead atoms. The van der Waals surface area contributed by atoms with Crippen molar-refractivity contribution >= 4 is 5.82 Å². The smallest absolute Gasteiger partial charge is 0.384 e. The van der Waals surface area contributed by atoms with Crippen molar-refractivity contribution in [3.05, 3.63) is 22.9 Å². The molecule has 0 aliphatic heterocycles. The van der Waals surface area contributed by atoms with E-state index in [1.807, 2.05) is 0 Å². The predicted octanol–water partition coefficient (Wildman–Crippen LogP) is 2.30. The van der Waals surface area contributed by atoms with Crippen molar-refractivity contribution in [2.45, 2.75) is 20.0 Å². The van der Waals surface area contributed by atoms with E-state index in [4.69, 9.17) is 5.73 Å². The summed E-state index contributed by atoms with van der Waals surface area (Å²) in [5, 5.41) is 0. The fourth-order valence-electron chi connectivity index (χ4n) is 1.29. The summed E-state index contributed by atoms with van der Waals surface area (Å²) in [6.07, 6.45) is -4.35. The lowest BCUT2D eigenvalue weighted by atomic mass is 10.1. The maximum Gasteiger partial charge on any atom is 0.418 e. The Bertz CT molecular complexity index is 308. The molecular weight excluding hydrogens is 181 g/mol. The number of anilines is 1. The standard InChI is InChI=1S/C8H9F3N2/c1-4-3-6(12)13-5(2)7(4)8(9,10)11/h3H,1-2H3,(H2,12,13). The van der Waals surface area contributed by atoms with E-state index in [9.17, 15) is 13.2 Å². The van der Waals surface area contributed by atoms with Crippen molar-refractivity contribution in [2.75, 3.05) is 5.73 Å². The van der Waals surface area contributed by atoms with Gasteiger partial charge in [-0.25, -0.2) is 4.98 Å². The Morgan fingerprint density at radius 2 is 1.85 bits per heavy atom. The van der Waals surface area contributed by atoms with Gasteiger partial charge in [-0.05, 0) is 25.5 Å². The maximum absolute atomic E-state index is 12.4. The van der Waals surface area contributed by atoms with Crippen LogP contribution in [0.15, 0.2) is 6.07 Å². The van der Waals surface area contributed by atoms with Gasteiger partial charge in [-0.1, -0.05) is 0 Å². The van der Waals surface area contributed by atoms with Gasteiger partial charge in [-0.15, -0.1) is 0 Å². The molecule has 0 atom stereocenters. The minimum Gasteiger partial charge on any atom is -0.384 e. The van der Waals surface area contributed by atoms with Crippen LogP contribution in [-0.2, 0) is 6.18 Å². The Balaban J connectivity index is 3.38. The molecule has 0 saturated heterocycles. The van der Waals surface area contributed by atoms with Gasteiger partial charge >= 0.3 is 6.18 Å². The molecule has 0 radical (unpaired) electrons. The second-order valence-corrected chi connectivity index (χ2v) is 2.82. The SMILES string of the molecule is Cc1cc(N)nc(C)c1C(F)(F)F. The van der Waals surface area contributed by atoms with E-state index in [1.54, 1.807) is 0 Å².